The smallest absolute Gasteiger partial charge is 0.332 e. The first-order valence-corrected chi connectivity index (χ1v) is 5.76. The Morgan fingerprint density at radius 1 is 1.35 bits per heavy atom. The maximum absolute atomic E-state index is 13.7. The molecule has 4 N–H and O–H groups in total. The molecular formula is C11H9ClFN5O2. The van der Waals surface area contributed by atoms with Gasteiger partial charge in [-0.3, -0.25) is 10.1 Å². The minimum Gasteiger partial charge on any atom is -0.378 e. The topological polar surface area (TPSA) is 121 Å². The summed E-state index contributed by atoms with van der Waals surface area (Å²) in [6.45, 7) is 0. The van der Waals surface area contributed by atoms with E-state index in [4.69, 9.17) is 23.1 Å². The van der Waals surface area contributed by atoms with Gasteiger partial charge in [0.05, 0.1) is 4.92 Å². The molecule has 1 aromatic carbocycles. The van der Waals surface area contributed by atoms with Crippen molar-refractivity contribution in [2.45, 2.75) is 6.42 Å². The second kappa shape index (κ2) is 5.25. The fourth-order valence-electron chi connectivity index (χ4n) is 1.72. The van der Waals surface area contributed by atoms with Crippen molar-refractivity contribution in [2.24, 2.45) is 0 Å². The highest BCUT2D eigenvalue weighted by molar-refractivity contribution is 6.30. The summed E-state index contributed by atoms with van der Waals surface area (Å²) in [5.74, 6) is -1.13. The summed E-state index contributed by atoms with van der Waals surface area (Å²) in [6, 6.07) is 3.89. The van der Waals surface area contributed by atoms with E-state index in [1.165, 1.54) is 12.1 Å². The molecule has 0 saturated heterocycles. The number of nitrogens with two attached hydrogens (primary N) is 2. The summed E-state index contributed by atoms with van der Waals surface area (Å²) >= 11 is 5.77. The second-order valence-corrected chi connectivity index (χ2v) is 4.37. The molecule has 0 bridgehead atoms. The number of halogens is 2. The molecular weight excluding hydrogens is 289 g/mol. The van der Waals surface area contributed by atoms with E-state index in [0.717, 1.165) is 6.07 Å². The van der Waals surface area contributed by atoms with Crippen molar-refractivity contribution in [3.05, 3.63) is 50.4 Å². The average molecular weight is 298 g/mol. The summed E-state index contributed by atoms with van der Waals surface area (Å²) in [7, 11) is 0. The Hall–Kier alpha value is -2.48. The van der Waals surface area contributed by atoms with Gasteiger partial charge in [0.2, 0.25) is 11.8 Å². The van der Waals surface area contributed by atoms with Crippen molar-refractivity contribution < 1.29 is 9.31 Å². The maximum atomic E-state index is 13.7. The first-order chi connectivity index (χ1) is 9.38. The summed E-state index contributed by atoms with van der Waals surface area (Å²) in [5, 5.41) is 11.3. The number of benzene rings is 1. The lowest BCUT2D eigenvalue weighted by Gasteiger charge is -2.06. The molecule has 0 aliphatic heterocycles. The minimum absolute atomic E-state index is 0.0684. The number of nitrogens with zero attached hydrogens (tertiary/aromatic N) is 3. The molecule has 104 valence electrons. The van der Waals surface area contributed by atoms with E-state index >= 15 is 0 Å². The largest absolute Gasteiger partial charge is 0.378 e. The molecule has 0 saturated carbocycles. The van der Waals surface area contributed by atoms with Gasteiger partial charge >= 0.3 is 5.69 Å². The van der Waals surface area contributed by atoms with Crippen LogP contribution in [0.2, 0.25) is 5.02 Å². The third-order valence-corrected chi connectivity index (χ3v) is 2.78. The van der Waals surface area contributed by atoms with Crippen LogP contribution in [0, 0.1) is 15.9 Å². The zero-order valence-electron chi connectivity index (χ0n) is 10.0. The highest BCUT2D eigenvalue weighted by atomic mass is 35.5. The van der Waals surface area contributed by atoms with E-state index < -0.39 is 16.4 Å². The van der Waals surface area contributed by atoms with Crippen LogP contribution in [-0.2, 0) is 6.42 Å². The van der Waals surface area contributed by atoms with Crippen molar-refractivity contribution >= 4 is 29.1 Å². The lowest BCUT2D eigenvalue weighted by molar-refractivity contribution is -0.385. The minimum atomic E-state index is -0.730. The highest BCUT2D eigenvalue weighted by Crippen LogP contribution is 2.27. The lowest BCUT2D eigenvalue weighted by atomic mass is 10.1. The molecule has 0 fully saturated rings. The fourth-order valence-corrected chi connectivity index (χ4v) is 1.92. The maximum Gasteiger partial charge on any atom is 0.332 e. The number of nitrogen functional groups attached to an aromatic ring is 2. The Morgan fingerprint density at radius 3 is 2.70 bits per heavy atom. The number of aromatic nitrogens is 2. The number of rotatable bonds is 3. The zero-order chi connectivity index (χ0) is 14.9. The number of anilines is 2. The summed E-state index contributed by atoms with van der Waals surface area (Å²) in [5.41, 5.74) is 10.5. The van der Waals surface area contributed by atoms with Crippen LogP contribution in [0.3, 0.4) is 0 Å². The Morgan fingerprint density at radius 2 is 2.05 bits per heavy atom. The van der Waals surface area contributed by atoms with Gasteiger partial charge in [0.15, 0.2) is 0 Å². The molecule has 0 atom stereocenters. The van der Waals surface area contributed by atoms with E-state index in [1.54, 1.807) is 0 Å². The molecule has 0 aliphatic rings. The Labute approximate surface area is 117 Å². The van der Waals surface area contributed by atoms with Gasteiger partial charge in [-0.25, -0.2) is 9.37 Å². The van der Waals surface area contributed by atoms with Gasteiger partial charge in [0.25, 0.3) is 0 Å². The molecule has 2 rings (SSSR count). The first kappa shape index (κ1) is 13.9. The van der Waals surface area contributed by atoms with E-state index in [0.29, 0.717) is 5.02 Å². The molecule has 0 radical (unpaired) electrons. The van der Waals surface area contributed by atoms with Crippen LogP contribution in [0.1, 0.15) is 11.3 Å². The van der Waals surface area contributed by atoms with Crippen LogP contribution in [0.5, 0.6) is 0 Å². The quantitative estimate of drug-likeness (QED) is 0.659. The van der Waals surface area contributed by atoms with E-state index in [1.807, 2.05) is 0 Å². The highest BCUT2D eigenvalue weighted by Gasteiger charge is 2.23. The molecule has 0 unspecified atom stereocenters. The molecule has 0 spiro atoms. The SMILES string of the molecule is Nc1nc(N)c([N+](=O)[O-])c(Cc2cc(Cl)ccc2F)n1. The standard InChI is InChI=1S/C11H9ClFN5O2/c12-6-1-2-7(13)5(3-6)4-8-9(18(19)20)10(14)17-11(15)16-8/h1-3H,4H2,(H4,14,15,16,17). The van der Waals surface area contributed by atoms with Crippen LogP contribution >= 0.6 is 11.6 Å². The summed E-state index contributed by atoms with van der Waals surface area (Å²) in [4.78, 5) is 17.5. The van der Waals surface area contributed by atoms with Crippen LogP contribution in [-0.4, -0.2) is 14.9 Å². The number of nitro groups is 1. The molecule has 1 heterocycles. The van der Waals surface area contributed by atoms with Crippen molar-refractivity contribution in [2.75, 3.05) is 11.5 Å². The predicted octanol–water partition coefficient (Wildman–Crippen LogP) is 1.93. The Balaban J connectivity index is 2.53. The van der Waals surface area contributed by atoms with Gasteiger partial charge in [-0.15, -0.1) is 0 Å². The molecule has 0 amide bonds. The molecule has 9 heteroatoms. The fraction of sp³-hybridized carbons (Fsp3) is 0.0909. The van der Waals surface area contributed by atoms with Crippen molar-refractivity contribution in [1.82, 2.24) is 9.97 Å². The molecule has 20 heavy (non-hydrogen) atoms. The van der Waals surface area contributed by atoms with Gasteiger partial charge in [-0.1, -0.05) is 11.6 Å². The van der Waals surface area contributed by atoms with Crippen molar-refractivity contribution in [1.29, 1.82) is 0 Å². The molecule has 0 aliphatic carbocycles. The van der Waals surface area contributed by atoms with Crippen LogP contribution in [0.4, 0.5) is 21.8 Å². The molecule has 2 aromatic rings. The first-order valence-electron chi connectivity index (χ1n) is 5.38. The second-order valence-electron chi connectivity index (χ2n) is 3.93. The summed E-state index contributed by atoms with van der Waals surface area (Å²) in [6.07, 6.45) is -0.167. The van der Waals surface area contributed by atoms with Crippen LogP contribution in [0.25, 0.3) is 0 Å². The van der Waals surface area contributed by atoms with Gasteiger partial charge in [0.1, 0.15) is 11.5 Å². The van der Waals surface area contributed by atoms with Gasteiger partial charge in [0, 0.05) is 11.4 Å². The number of hydrogen-bond donors (Lipinski definition) is 2. The Bertz CT molecular complexity index is 695. The Kier molecular flexibility index (Phi) is 3.66. The van der Waals surface area contributed by atoms with Gasteiger partial charge in [-0.2, -0.15) is 4.98 Å². The normalized spacial score (nSPS) is 10.5. The lowest BCUT2D eigenvalue weighted by Crippen LogP contribution is -2.09. The van der Waals surface area contributed by atoms with E-state index in [2.05, 4.69) is 9.97 Å². The van der Waals surface area contributed by atoms with Crippen molar-refractivity contribution in [3.8, 4) is 0 Å². The van der Waals surface area contributed by atoms with Crippen LogP contribution in [0.15, 0.2) is 18.2 Å². The predicted molar refractivity (Wildman–Crippen MR) is 71.7 cm³/mol. The molecule has 1 aromatic heterocycles. The van der Waals surface area contributed by atoms with E-state index in [-0.39, 0.29) is 29.4 Å². The summed E-state index contributed by atoms with van der Waals surface area (Å²) < 4.78 is 13.7. The third kappa shape index (κ3) is 2.75. The molecule has 7 nitrogen and oxygen atoms in total. The van der Waals surface area contributed by atoms with Gasteiger partial charge in [-0.05, 0) is 23.8 Å². The monoisotopic (exact) mass is 297 g/mol. The van der Waals surface area contributed by atoms with Gasteiger partial charge < -0.3 is 11.5 Å². The zero-order valence-corrected chi connectivity index (χ0v) is 10.8. The van der Waals surface area contributed by atoms with Crippen LogP contribution < -0.4 is 11.5 Å². The average Bonchev–Trinajstić information content (AvgIpc) is 2.32. The van der Waals surface area contributed by atoms with Crippen molar-refractivity contribution in [3.63, 3.8) is 0 Å². The third-order valence-electron chi connectivity index (χ3n) is 2.55. The van der Waals surface area contributed by atoms with E-state index in [9.17, 15) is 14.5 Å². The number of hydrogen-bond acceptors (Lipinski definition) is 6.